The van der Waals surface area contributed by atoms with Gasteiger partial charge in [0.2, 0.25) is 5.89 Å². The van der Waals surface area contributed by atoms with Crippen LogP contribution < -0.4 is 10.2 Å². The Morgan fingerprint density at radius 2 is 2.43 bits per heavy atom. The lowest BCUT2D eigenvalue weighted by Gasteiger charge is -2.10. The molecule has 1 aliphatic heterocycles. The third kappa shape index (κ3) is 1.87. The van der Waals surface area contributed by atoms with E-state index >= 15 is 0 Å². The molecule has 1 aromatic rings. The van der Waals surface area contributed by atoms with Gasteiger partial charge in [-0.3, -0.25) is 0 Å². The molecule has 0 aliphatic carbocycles. The van der Waals surface area contributed by atoms with Crippen molar-refractivity contribution in [3.05, 3.63) is 5.89 Å². The topological polar surface area (TPSA) is 54.2 Å². The second-order valence-electron chi connectivity index (χ2n) is 3.85. The molecule has 1 saturated heterocycles. The molecule has 1 unspecified atom stereocenters. The number of aromatic nitrogens is 2. The summed E-state index contributed by atoms with van der Waals surface area (Å²) in [5.74, 6) is 1.39. The Balaban J connectivity index is 2.02. The molecule has 1 atom stereocenters. The molecule has 78 valence electrons. The van der Waals surface area contributed by atoms with Gasteiger partial charge in [0.05, 0.1) is 6.54 Å². The van der Waals surface area contributed by atoms with Crippen LogP contribution in [0.4, 0.5) is 6.01 Å². The second kappa shape index (κ2) is 3.96. The molecule has 0 aromatic carbocycles. The van der Waals surface area contributed by atoms with Crippen LogP contribution in [0, 0.1) is 5.92 Å². The lowest BCUT2D eigenvalue weighted by Crippen LogP contribution is -2.19. The summed E-state index contributed by atoms with van der Waals surface area (Å²) >= 11 is 0. The number of anilines is 1. The van der Waals surface area contributed by atoms with Gasteiger partial charge < -0.3 is 14.6 Å². The van der Waals surface area contributed by atoms with Crippen molar-refractivity contribution in [3.63, 3.8) is 0 Å². The molecule has 2 rings (SSSR count). The molecule has 0 radical (unpaired) electrons. The van der Waals surface area contributed by atoms with Crippen LogP contribution in [0.25, 0.3) is 0 Å². The van der Waals surface area contributed by atoms with E-state index in [9.17, 15) is 0 Å². The molecule has 0 amide bonds. The first kappa shape index (κ1) is 9.45. The fourth-order valence-electron chi connectivity index (χ4n) is 1.70. The first-order valence-electron chi connectivity index (χ1n) is 5.01. The Labute approximate surface area is 83.5 Å². The van der Waals surface area contributed by atoms with Gasteiger partial charge in [-0.25, -0.2) is 0 Å². The van der Waals surface area contributed by atoms with E-state index in [0.29, 0.717) is 18.5 Å². The van der Waals surface area contributed by atoms with E-state index in [0.717, 1.165) is 19.0 Å². The monoisotopic (exact) mass is 196 g/mol. The average Bonchev–Trinajstić information content (AvgIpc) is 2.74. The van der Waals surface area contributed by atoms with Gasteiger partial charge in [-0.05, 0) is 19.4 Å². The number of nitrogens with one attached hydrogen (secondary N) is 1. The zero-order chi connectivity index (χ0) is 9.97. The van der Waals surface area contributed by atoms with Gasteiger partial charge in [-0.15, -0.1) is 5.10 Å². The fraction of sp³-hybridized carbons (Fsp3) is 0.778. The predicted molar refractivity (Wildman–Crippen MR) is 53.1 cm³/mol. The summed E-state index contributed by atoms with van der Waals surface area (Å²) in [4.78, 5) is 2.15. The minimum absolute atomic E-state index is 0.635. The quantitative estimate of drug-likeness (QED) is 0.768. The molecule has 1 aromatic heterocycles. The van der Waals surface area contributed by atoms with Crippen molar-refractivity contribution < 1.29 is 4.42 Å². The number of hydrogen-bond donors (Lipinski definition) is 1. The summed E-state index contributed by atoms with van der Waals surface area (Å²) < 4.78 is 5.50. The lowest BCUT2D eigenvalue weighted by molar-refractivity contribution is 0.475. The largest absolute Gasteiger partial charge is 0.407 e. The number of hydrogen-bond acceptors (Lipinski definition) is 5. The van der Waals surface area contributed by atoms with Crippen molar-refractivity contribution in [2.24, 2.45) is 5.92 Å². The molecule has 5 nitrogen and oxygen atoms in total. The first-order valence-corrected chi connectivity index (χ1v) is 5.01. The third-order valence-corrected chi connectivity index (χ3v) is 2.48. The van der Waals surface area contributed by atoms with Gasteiger partial charge >= 0.3 is 6.01 Å². The summed E-state index contributed by atoms with van der Waals surface area (Å²) in [6.07, 6.45) is 1.21. The van der Waals surface area contributed by atoms with Crippen LogP contribution >= 0.6 is 0 Å². The van der Waals surface area contributed by atoms with Crippen LogP contribution in [-0.4, -0.2) is 30.3 Å². The minimum atomic E-state index is 0.635. The molecule has 1 N–H and O–H groups in total. The van der Waals surface area contributed by atoms with Gasteiger partial charge in [0.1, 0.15) is 0 Å². The van der Waals surface area contributed by atoms with Crippen LogP contribution in [-0.2, 0) is 6.54 Å². The molecule has 0 bridgehead atoms. The van der Waals surface area contributed by atoms with Crippen molar-refractivity contribution in [2.75, 3.05) is 25.0 Å². The highest BCUT2D eigenvalue weighted by Crippen LogP contribution is 2.21. The normalized spacial score (nSPS) is 21.9. The number of nitrogens with zero attached hydrogens (tertiary/aromatic N) is 3. The van der Waals surface area contributed by atoms with Gasteiger partial charge in [0.15, 0.2) is 0 Å². The maximum absolute atomic E-state index is 5.50. The summed E-state index contributed by atoms with van der Waals surface area (Å²) in [7, 11) is 1.86. The Hall–Kier alpha value is -1.10. The van der Waals surface area contributed by atoms with Crippen LogP contribution in [0.5, 0.6) is 0 Å². The summed E-state index contributed by atoms with van der Waals surface area (Å²) in [5.41, 5.74) is 0. The number of rotatable bonds is 3. The van der Waals surface area contributed by atoms with Crippen LogP contribution in [0.2, 0.25) is 0 Å². The van der Waals surface area contributed by atoms with Crippen LogP contribution in [0.3, 0.4) is 0 Å². The Morgan fingerprint density at radius 3 is 3.07 bits per heavy atom. The van der Waals surface area contributed by atoms with E-state index < -0.39 is 0 Å². The molecule has 1 aliphatic rings. The highest BCUT2D eigenvalue weighted by atomic mass is 16.4. The first-order chi connectivity index (χ1) is 6.79. The van der Waals surface area contributed by atoms with E-state index in [4.69, 9.17) is 4.42 Å². The van der Waals surface area contributed by atoms with Crippen molar-refractivity contribution in [1.29, 1.82) is 0 Å². The molecule has 1 fully saturated rings. The summed E-state index contributed by atoms with van der Waals surface area (Å²) in [5, 5.41) is 11.0. The third-order valence-electron chi connectivity index (χ3n) is 2.48. The molecule has 14 heavy (non-hydrogen) atoms. The van der Waals surface area contributed by atoms with Crippen molar-refractivity contribution in [3.8, 4) is 0 Å². The predicted octanol–water partition coefficient (Wildman–Crippen LogP) is 0.635. The van der Waals surface area contributed by atoms with Gasteiger partial charge in [-0.2, -0.15) is 0 Å². The molecule has 2 heterocycles. The fourth-order valence-corrected chi connectivity index (χ4v) is 1.70. The van der Waals surface area contributed by atoms with E-state index in [2.05, 4.69) is 27.3 Å². The smallest absolute Gasteiger partial charge is 0.318 e. The van der Waals surface area contributed by atoms with Crippen molar-refractivity contribution in [2.45, 2.75) is 19.9 Å². The highest BCUT2D eigenvalue weighted by Gasteiger charge is 2.22. The Kier molecular flexibility index (Phi) is 2.67. The standard InChI is InChI=1S/C9H16N4O/c1-7-3-4-13(6-7)9-12-11-8(14-9)5-10-2/h7,10H,3-6H2,1-2H3. The maximum Gasteiger partial charge on any atom is 0.318 e. The molecule has 0 spiro atoms. The SMILES string of the molecule is CNCc1nnc(N2CCC(C)C2)o1. The molecule has 5 heteroatoms. The van der Waals surface area contributed by atoms with Crippen molar-refractivity contribution in [1.82, 2.24) is 15.5 Å². The molecular weight excluding hydrogens is 180 g/mol. The van der Waals surface area contributed by atoms with Crippen LogP contribution in [0.15, 0.2) is 4.42 Å². The van der Waals surface area contributed by atoms with E-state index in [1.165, 1.54) is 6.42 Å². The lowest BCUT2D eigenvalue weighted by atomic mass is 10.2. The molecular formula is C9H16N4O. The second-order valence-corrected chi connectivity index (χ2v) is 3.85. The minimum Gasteiger partial charge on any atom is -0.407 e. The Bertz CT molecular complexity index is 299. The van der Waals surface area contributed by atoms with Gasteiger partial charge in [0, 0.05) is 13.1 Å². The maximum atomic E-state index is 5.50. The van der Waals surface area contributed by atoms with E-state index in [-0.39, 0.29) is 0 Å². The van der Waals surface area contributed by atoms with Crippen LogP contribution in [0.1, 0.15) is 19.2 Å². The van der Waals surface area contributed by atoms with E-state index in [1.807, 2.05) is 7.05 Å². The van der Waals surface area contributed by atoms with Gasteiger partial charge in [-0.1, -0.05) is 12.0 Å². The summed E-state index contributed by atoms with van der Waals surface area (Å²) in [6, 6.07) is 0.666. The van der Waals surface area contributed by atoms with E-state index in [1.54, 1.807) is 0 Å². The molecule has 0 saturated carbocycles. The zero-order valence-corrected chi connectivity index (χ0v) is 8.66. The Morgan fingerprint density at radius 1 is 1.57 bits per heavy atom. The summed E-state index contributed by atoms with van der Waals surface area (Å²) in [6.45, 7) is 4.94. The van der Waals surface area contributed by atoms with Crippen molar-refractivity contribution >= 4 is 6.01 Å². The van der Waals surface area contributed by atoms with Gasteiger partial charge in [0.25, 0.3) is 0 Å². The average molecular weight is 196 g/mol. The highest BCUT2D eigenvalue weighted by molar-refractivity contribution is 5.26. The zero-order valence-electron chi connectivity index (χ0n) is 8.66.